The molecule has 0 aromatic carbocycles. The summed E-state index contributed by atoms with van der Waals surface area (Å²) in [4.78, 5) is 12.2. The van der Waals surface area contributed by atoms with E-state index in [0.29, 0.717) is 12.8 Å². The van der Waals surface area contributed by atoms with Crippen LogP contribution >= 0.6 is 0 Å². The summed E-state index contributed by atoms with van der Waals surface area (Å²) in [6.45, 7) is 2.27. The minimum Gasteiger partial charge on any atom is -0.409 e. The molecule has 0 aromatic heterocycles. The molecular weight excluding hydrogens is 230 g/mol. The van der Waals surface area contributed by atoms with Gasteiger partial charge in [-0.15, -0.1) is 0 Å². The molecule has 2 unspecified atom stereocenters. The first-order valence-electron chi connectivity index (χ1n) is 6.87. The summed E-state index contributed by atoms with van der Waals surface area (Å²) in [7, 11) is 0. The van der Waals surface area contributed by atoms with Gasteiger partial charge in [-0.1, -0.05) is 24.9 Å². The number of hydrogen-bond donors (Lipinski definition) is 3. The van der Waals surface area contributed by atoms with Gasteiger partial charge in [0.25, 0.3) is 0 Å². The molecule has 1 amide bonds. The van der Waals surface area contributed by atoms with Crippen molar-refractivity contribution in [3.8, 4) is 0 Å². The molecule has 18 heavy (non-hydrogen) atoms. The Kier molecular flexibility index (Phi) is 3.78. The molecule has 0 aromatic rings. The van der Waals surface area contributed by atoms with Crippen molar-refractivity contribution in [1.29, 1.82) is 0 Å². The summed E-state index contributed by atoms with van der Waals surface area (Å²) in [5, 5.41) is 14.8. The van der Waals surface area contributed by atoms with E-state index in [1.54, 1.807) is 0 Å². The van der Waals surface area contributed by atoms with Gasteiger partial charge in [0.2, 0.25) is 5.91 Å². The Labute approximate surface area is 108 Å². The third kappa shape index (κ3) is 2.60. The highest BCUT2D eigenvalue weighted by molar-refractivity contribution is 6.09. The van der Waals surface area contributed by atoms with Crippen molar-refractivity contribution in [3.63, 3.8) is 0 Å². The minimum atomic E-state index is -0.716. The van der Waals surface area contributed by atoms with Crippen molar-refractivity contribution in [2.75, 3.05) is 0 Å². The first-order chi connectivity index (χ1) is 8.58. The topological polar surface area (TPSA) is 87.7 Å². The van der Waals surface area contributed by atoms with Gasteiger partial charge in [-0.3, -0.25) is 4.79 Å². The molecule has 2 saturated carbocycles. The van der Waals surface area contributed by atoms with Crippen LogP contribution in [0.5, 0.6) is 0 Å². The third-order valence-electron chi connectivity index (χ3n) is 4.38. The molecule has 0 saturated heterocycles. The predicted octanol–water partition coefficient (Wildman–Crippen LogP) is 1.60. The Morgan fingerprint density at radius 3 is 2.67 bits per heavy atom. The highest BCUT2D eigenvalue weighted by Gasteiger charge is 2.54. The van der Waals surface area contributed by atoms with E-state index in [0.717, 1.165) is 18.8 Å². The van der Waals surface area contributed by atoms with E-state index in [2.05, 4.69) is 17.4 Å². The van der Waals surface area contributed by atoms with Crippen molar-refractivity contribution in [2.45, 2.75) is 57.9 Å². The molecule has 2 rings (SSSR count). The number of carbonyl (C=O) groups is 1. The third-order valence-corrected chi connectivity index (χ3v) is 4.38. The summed E-state index contributed by atoms with van der Waals surface area (Å²) in [5.41, 5.74) is 4.90. The first-order valence-corrected chi connectivity index (χ1v) is 6.87. The van der Waals surface area contributed by atoms with Crippen molar-refractivity contribution in [2.24, 2.45) is 22.2 Å². The van der Waals surface area contributed by atoms with Crippen LogP contribution < -0.4 is 11.1 Å². The van der Waals surface area contributed by atoms with Gasteiger partial charge >= 0.3 is 0 Å². The Morgan fingerprint density at radius 2 is 2.06 bits per heavy atom. The molecule has 5 heteroatoms. The Bertz CT molecular complexity index is 350. The van der Waals surface area contributed by atoms with Crippen LogP contribution in [0.3, 0.4) is 0 Å². The number of nitrogens with two attached hydrogens (primary N) is 1. The molecule has 2 fully saturated rings. The Balaban J connectivity index is 1.91. The lowest BCUT2D eigenvalue weighted by molar-refractivity contribution is -0.124. The second kappa shape index (κ2) is 5.16. The van der Waals surface area contributed by atoms with Gasteiger partial charge in [0.05, 0.1) is 0 Å². The molecule has 0 radical (unpaired) electrons. The smallest absolute Gasteiger partial charge is 0.234 e. The lowest BCUT2D eigenvalue weighted by Gasteiger charge is -2.20. The average Bonchev–Trinajstić information content (AvgIpc) is 3.15. The standard InChI is InChI=1S/C13H23N3O2/c1-9-3-2-4-10(6-5-9)15-12(17)13(7-8-13)11(14)16-18/h9-10,18H,2-8H2,1H3,(H2,14,16)(H,15,17). The van der Waals surface area contributed by atoms with E-state index in [4.69, 9.17) is 10.9 Å². The van der Waals surface area contributed by atoms with Gasteiger partial charge in [0.1, 0.15) is 5.41 Å². The minimum absolute atomic E-state index is 0.0574. The lowest BCUT2D eigenvalue weighted by atomic mass is 10.0. The van der Waals surface area contributed by atoms with Crippen molar-refractivity contribution in [3.05, 3.63) is 0 Å². The van der Waals surface area contributed by atoms with E-state index in [9.17, 15) is 4.79 Å². The molecule has 5 nitrogen and oxygen atoms in total. The van der Waals surface area contributed by atoms with Crippen LogP contribution in [-0.4, -0.2) is 23.0 Å². The molecule has 2 atom stereocenters. The van der Waals surface area contributed by atoms with Gasteiger partial charge in [-0.05, 0) is 38.0 Å². The number of hydrogen-bond acceptors (Lipinski definition) is 3. The van der Waals surface area contributed by atoms with E-state index in [-0.39, 0.29) is 17.8 Å². The number of amides is 1. The molecule has 102 valence electrons. The molecule has 2 aliphatic carbocycles. The van der Waals surface area contributed by atoms with Gasteiger partial charge in [0, 0.05) is 6.04 Å². The van der Waals surface area contributed by atoms with Gasteiger partial charge < -0.3 is 16.3 Å². The van der Waals surface area contributed by atoms with Crippen LogP contribution in [0.2, 0.25) is 0 Å². The van der Waals surface area contributed by atoms with Crippen LogP contribution in [0.4, 0.5) is 0 Å². The van der Waals surface area contributed by atoms with Gasteiger partial charge in [-0.2, -0.15) is 0 Å². The van der Waals surface area contributed by atoms with E-state index >= 15 is 0 Å². The number of oxime groups is 1. The Hall–Kier alpha value is -1.26. The van der Waals surface area contributed by atoms with Crippen LogP contribution in [-0.2, 0) is 4.79 Å². The van der Waals surface area contributed by atoms with E-state index in [1.165, 1.54) is 19.3 Å². The SMILES string of the molecule is CC1CCCC(NC(=O)C2(C(N)=NO)CC2)CC1. The normalized spacial score (nSPS) is 31.5. The van der Waals surface area contributed by atoms with Crippen LogP contribution in [0.25, 0.3) is 0 Å². The zero-order chi connectivity index (χ0) is 13.2. The van der Waals surface area contributed by atoms with E-state index in [1.807, 2.05) is 0 Å². The van der Waals surface area contributed by atoms with Crippen molar-refractivity contribution in [1.82, 2.24) is 5.32 Å². The predicted molar refractivity (Wildman–Crippen MR) is 69.3 cm³/mol. The maximum atomic E-state index is 12.2. The van der Waals surface area contributed by atoms with Crippen LogP contribution in [0.15, 0.2) is 5.16 Å². The number of nitrogens with zero attached hydrogens (tertiary/aromatic N) is 1. The summed E-state index contributed by atoms with van der Waals surface area (Å²) in [6, 6.07) is 0.256. The van der Waals surface area contributed by atoms with Crippen molar-refractivity contribution < 1.29 is 10.0 Å². The fourth-order valence-corrected chi connectivity index (χ4v) is 2.78. The fourth-order valence-electron chi connectivity index (χ4n) is 2.78. The summed E-state index contributed by atoms with van der Waals surface area (Å²) in [5.74, 6) is 0.755. The molecule has 2 aliphatic rings. The zero-order valence-corrected chi connectivity index (χ0v) is 11.0. The second-order valence-electron chi connectivity index (χ2n) is 5.85. The van der Waals surface area contributed by atoms with Crippen LogP contribution in [0.1, 0.15) is 51.9 Å². The fraction of sp³-hybridized carbons (Fsp3) is 0.846. The molecule has 4 N–H and O–H groups in total. The Morgan fingerprint density at radius 1 is 1.33 bits per heavy atom. The lowest BCUT2D eigenvalue weighted by Crippen LogP contribution is -2.45. The number of amidine groups is 1. The summed E-state index contributed by atoms with van der Waals surface area (Å²) < 4.78 is 0. The maximum Gasteiger partial charge on any atom is 0.234 e. The van der Waals surface area contributed by atoms with Gasteiger partial charge in [0.15, 0.2) is 5.84 Å². The average molecular weight is 253 g/mol. The molecule has 0 aliphatic heterocycles. The van der Waals surface area contributed by atoms with Crippen LogP contribution in [0, 0.1) is 11.3 Å². The summed E-state index contributed by atoms with van der Waals surface area (Å²) in [6.07, 6.45) is 7.05. The highest BCUT2D eigenvalue weighted by Crippen LogP contribution is 2.46. The maximum absolute atomic E-state index is 12.2. The monoisotopic (exact) mass is 253 g/mol. The molecule has 0 bridgehead atoms. The summed E-state index contributed by atoms with van der Waals surface area (Å²) >= 11 is 0. The second-order valence-corrected chi connectivity index (χ2v) is 5.85. The highest BCUT2D eigenvalue weighted by atomic mass is 16.4. The molecular formula is C13H23N3O2. The molecule has 0 heterocycles. The quantitative estimate of drug-likeness (QED) is 0.235. The largest absolute Gasteiger partial charge is 0.409 e. The first kappa shape index (κ1) is 13.2. The molecule has 0 spiro atoms. The van der Waals surface area contributed by atoms with Crippen molar-refractivity contribution >= 4 is 11.7 Å². The van der Waals surface area contributed by atoms with Gasteiger partial charge in [-0.25, -0.2) is 0 Å². The number of carbonyl (C=O) groups excluding carboxylic acids is 1. The van der Waals surface area contributed by atoms with E-state index < -0.39 is 5.41 Å². The number of nitrogens with one attached hydrogen (secondary N) is 1. The zero-order valence-electron chi connectivity index (χ0n) is 11.0. The number of rotatable bonds is 3.